The molecule has 1 aromatic heterocycles. The molecule has 104 valence electrons. The molecule has 0 saturated heterocycles. The molecule has 0 spiro atoms. The van der Waals surface area contributed by atoms with Crippen molar-refractivity contribution in [3.63, 3.8) is 0 Å². The van der Waals surface area contributed by atoms with Crippen LogP contribution in [0.2, 0.25) is 0 Å². The molecule has 0 unspecified atom stereocenters. The van der Waals surface area contributed by atoms with E-state index in [4.69, 9.17) is 0 Å². The van der Waals surface area contributed by atoms with Crippen LogP contribution in [-0.2, 0) is 0 Å². The lowest BCUT2D eigenvalue weighted by Gasteiger charge is -2.04. The highest BCUT2D eigenvalue weighted by Gasteiger charge is 2.14. The van der Waals surface area contributed by atoms with Gasteiger partial charge in [-0.15, -0.1) is 0 Å². The van der Waals surface area contributed by atoms with Crippen LogP contribution in [-0.4, -0.2) is 15.6 Å². The van der Waals surface area contributed by atoms with Crippen LogP contribution in [0, 0.1) is 6.92 Å². The first kappa shape index (κ1) is 13.3. The van der Waals surface area contributed by atoms with Crippen molar-refractivity contribution >= 4 is 5.78 Å². The zero-order chi connectivity index (χ0) is 14.8. The highest BCUT2D eigenvalue weighted by molar-refractivity contribution is 5.94. The summed E-state index contributed by atoms with van der Waals surface area (Å²) >= 11 is 0. The Morgan fingerprint density at radius 3 is 2.29 bits per heavy atom. The number of para-hydroxylation sites is 1. The lowest BCUT2D eigenvalue weighted by Crippen LogP contribution is -2.05. The van der Waals surface area contributed by atoms with Gasteiger partial charge < -0.3 is 0 Å². The predicted molar refractivity (Wildman–Crippen MR) is 83.7 cm³/mol. The fourth-order valence-electron chi connectivity index (χ4n) is 2.26. The second-order valence-corrected chi connectivity index (χ2v) is 5.08. The molecular weight excluding hydrogens is 260 g/mol. The van der Waals surface area contributed by atoms with Crippen LogP contribution in [0.1, 0.15) is 23.0 Å². The van der Waals surface area contributed by atoms with Gasteiger partial charge in [-0.05, 0) is 25.1 Å². The number of rotatable bonds is 3. The van der Waals surface area contributed by atoms with Crippen LogP contribution in [0.5, 0.6) is 0 Å². The minimum atomic E-state index is 0.00437. The quantitative estimate of drug-likeness (QED) is 0.676. The smallest absolute Gasteiger partial charge is 0.178 e. The second kappa shape index (κ2) is 5.37. The van der Waals surface area contributed by atoms with E-state index in [0.29, 0.717) is 5.69 Å². The van der Waals surface area contributed by atoms with E-state index in [1.807, 2.05) is 67.6 Å². The molecule has 2 aromatic carbocycles. The van der Waals surface area contributed by atoms with Gasteiger partial charge in [-0.3, -0.25) is 4.79 Å². The van der Waals surface area contributed by atoms with Crippen molar-refractivity contribution in [3.05, 3.63) is 71.9 Å². The molecule has 21 heavy (non-hydrogen) atoms. The van der Waals surface area contributed by atoms with Crippen molar-refractivity contribution in [2.45, 2.75) is 13.8 Å². The number of ketones is 1. The summed E-state index contributed by atoms with van der Waals surface area (Å²) in [5.41, 5.74) is 4.51. The molecule has 0 atom stereocenters. The van der Waals surface area contributed by atoms with Crippen molar-refractivity contribution in [1.82, 2.24) is 9.78 Å². The molecule has 0 N–H and O–H groups in total. The summed E-state index contributed by atoms with van der Waals surface area (Å²) in [4.78, 5) is 11.9. The van der Waals surface area contributed by atoms with Gasteiger partial charge in [0.25, 0.3) is 0 Å². The molecule has 3 aromatic rings. The largest absolute Gasteiger partial charge is 0.293 e. The Balaban J connectivity index is 2.13. The van der Waals surface area contributed by atoms with Crippen molar-refractivity contribution in [2.24, 2.45) is 0 Å². The van der Waals surface area contributed by atoms with Gasteiger partial charge in [0.15, 0.2) is 5.78 Å². The molecular formula is C18H16N2O. The third kappa shape index (κ3) is 2.63. The summed E-state index contributed by atoms with van der Waals surface area (Å²) in [6.07, 6.45) is 0. The van der Waals surface area contributed by atoms with Gasteiger partial charge in [-0.2, -0.15) is 5.10 Å². The Morgan fingerprint density at radius 1 is 1.00 bits per heavy atom. The van der Waals surface area contributed by atoms with Crippen LogP contribution >= 0.6 is 0 Å². The minimum Gasteiger partial charge on any atom is -0.293 e. The van der Waals surface area contributed by atoms with Crippen LogP contribution in [0.3, 0.4) is 0 Å². The molecule has 1 heterocycles. The van der Waals surface area contributed by atoms with Crippen LogP contribution in [0.4, 0.5) is 0 Å². The first-order valence-corrected chi connectivity index (χ1v) is 6.88. The number of aryl methyl sites for hydroxylation is 1. The Labute approximate surface area is 123 Å². The van der Waals surface area contributed by atoms with E-state index in [2.05, 4.69) is 5.10 Å². The fourth-order valence-corrected chi connectivity index (χ4v) is 2.26. The van der Waals surface area contributed by atoms with Gasteiger partial charge in [0.1, 0.15) is 5.69 Å². The number of Topliss-reactive ketones (excluding diaryl/α,β-unsaturated/α-hetero) is 1. The monoisotopic (exact) mass is 276 g/mol. The molecule has 0 radical (unpaired) electrons. The third-order valence-electron chi connectivity index (χ3n) is 3.42. The average molecular weight is 276 g/mol. The molecule has 0 aliphatic carbocycles. The molecule has 0 aliphatic rings. The highest BCUT2D eigenvalue weighted by atomic mass is 16.1. The zero-order valence-electron chi connectivity index (χ0n) is 12.1. The maximum atomic E-state index is 11.9. The maximum absolute atomic E-state index is 11.9. The standard InChI is InChI=1S/C18H16N2O/c1-13-8-10-15(11-9-13)17-12-18(14(2)21)20(19-17)16-6-4-3-5-7-16/h3-12H,1-2H3. The topological polar surface area (TPSA) is 34.9 Å². The fraction of sp³-hybridized carbons (Fsp3) is 0.111. The minimum absolute atomic E-state index is 0.00437. The van der Waals surface area contributed by atoms with E-state index in [1.54, 1.807) is 11.6 Å². The van der Waals surface area contributed by atoms with Crippen LogP contribution < -0.4 is 0 Å². The van der Waals surface area contributed by atoms with E-state index in [9.17, 15) is 4.79 Å². The van der Waals surface area contributed by atoms with Gasteiger partial charge >= 0.3 is 0 Å². The number of nitrogens with zero attached hydrogens (tertiary/aromatic N) is 2. The Bertz CT molecular complexity index is 771. The van der Waals surface area contributed by atoms with Crippen molar-refractivity contribution in [2.75, 3.05) is 0 Å². The summed E-state index contributed by atoms with van der Waals surface area (Å²) in [7, 11) is 0. The number of aromatic nitrogens is 2. The molecule has 0 saturated carbocycles. The van der Waals surface area contributed by atoms with Crippen molar-refractivity contribution < 1.29 is 4.79 Å². The van der Waals surface area contributed by atoms with Crippen LogP contribution in [0.15, 0.2) is 60.7 Å². The predicted octanol–water partition coefficient (Wildman–Crippen LogP) is 4.05. The number of hydrogen-bond donors (Lipinski definition) is 0. The van der Waals surface area contributed by atoms with E-state index in [1.165, 1.54) is 5.56 Å². The Kier molecular flexibility index (Phi) is 3.40. The normalized spacial score (nSPS) is 10.6. The lowest BCUT2D eigenvalue weighted by molar-refractivity contribution is 0.101. The van der Waals surface area contributed by atoms with Gasteiger partial charge in [-0.1, -0.05) is 48.0 Å². The average Bonchev–Trinajstić information content (AvgIpc) is 2.94. The van der Waals surface area contributed by atoms with E-state index in [-0.39, 0.29) is 5.78 Å². The molecule has 3 nitrogen and oxygen atoms in total. The second-order valence-electron chi connectivity index (χ2n) is 5.08. The van der Waals surface area contributed by atoms with E-state index >= 15 is 0 Å². The van der Waals surface area contributed by atoms with Gasteiger partial charge in [-0.25, -0.2) is 4.68 Å². The van der Waals surface area contributed by atoms with Crippen molar-refractivity contribution in [1.29, 1.82) is 0 Å². The highest BCUT2D eigenvalue weighted by Crippen LogP contribution is 2.22. The summed E-state index contributed by atoms with van der Waals surface area (Å²) in [5, 5.41) is 4.60. The van der Waals surface area contributed by atoms with Gasteiger partial charge in [0.2, 0.25) is 0 Å². The van der Waals surface area contributed by atoms with Gasteiger partial charge in [0.05, 0.1) is 11.4 Å². The van der Waals surface area contributed by atoms with E-state index < -0.39 is 0 Å². The molecule has 3 heteroatoms. The summed E-state index contributed by atoms with van der Waals surface area (Å²) in [6, 6.07) is 19.7. The Morgan fingerprint density at radius 2 is 1.67 bits per heavy atom. The zero-order valence-corrected chi connectivity index (χ0v) is 12.1. The van der Waals surface area contributed by atoms with E-state index in [0.717, 1.165) is 16.9 Å². The Hall–Kier alpha value is -2.68. The SMILES string of the molecule is CC(=O)c1cc(-c2ccc(C)cc2)nn1-c1ccccc1. The number of hydrogen-bond acceptors (Lipinski definition) is 2. The van der Waals surface area contributed by atoms with Crippen molar-refractivity contribution in [3.8, 4) is 16.9 Å². The molecule has 0 amide bonds. The molecule has 0 fully saturated rings. The first-order chi connectivity index (χ1) is 10.1. The van der Waals surface area contributed by atoms with Crippen LogP contribution in [0.25, 0.3) is 16.9 Å². The van der Waals surface area contributed by atoms with Gasteiger partial charge in [0, 0.05) is 12.5 Å². The lowest BCUT2D eigenvalue weighted by atomic mass is 10.1. The first-order valence-electron chi connectivity index (χ1n) is 6.88. The maximum Gasteiger partial charge on any atom is 0.178 e. The molecule has 3 rings (SSSR count). The third-order valence-corrected chi connectivity index (χ3v) is 3.42. The summed E-state index contributed by atoms with van der Waals surface area (Å²) < 4.78 is 1.71. The number of carbonyl (C=O) groups is 1. The summed E-state index contributed by atoms with van der Waals surface area (Å²) in [6.45, 7) is 3.61. The molecule has 0 bridgehead atoms. The number of benzene rings is 2. The number of carbonyl (C=O) groups excluding carboxylic acids is 1. The summed E-state index contributed by atoms with van der Waals surface area (Å²) in [5.74, 6) is 0.00437. The molecule has 0 aliphatic heterocycles.